The average Bonchev–Trinajstić information content (AvgIpc) is 3.10. The zero-order valence-corrected chi connectivity index (χ0v) is 12.7. The van der Waals surface area contributed by atoms with Gasteiger partial charge in [-0.1, -0.05) is 13.3 Å². The molecule has 0 fully saturated rings. The largest absolute Gasteiger partial charge is 0.346 e. The van der Waals surface area contributed by atoms with E-state index >= 15 is 0 Å². The highest BCUT2D eigenvalue weighted by Gasteiger charge is 2.17. The Morgan fingerprint density at radius 1 is 1.38 bits per heavy atom. The number of rotatable bonds is 8. The monoisotopic (exact) mass is 289 g/mol. The number of aromatic nitrogens is 4. The molecular formula is C15H23N5O. The Morgan fingerprint density at radius 2 is 2.24 bits per heavy atom. The summed E-state index contributed by atoms with van der Waals surface area (Å²) in [6.07, 6.45) is 10.5. The average molecular weight is 289 g/mol. The van der Waals surface area contributed by atoms with Crippen LogP contribution in [0.3, 0.4) is 0 Å². The number of imidazole rings is 1. The molecule has 1 amide bonds. The van der Waals surface area contributed by atoms with Crippen LogP contribution in [0.15, 0.2) is 30.9 Å². The van der Waals surface area contributed by atoms with E-state index in [2.05, 4.69) is 22.3 Å². The number of aryl methyl sites for hydroxylation is 2. The van der Waals surface area contributed by atoms with Gasteiger partial charge in [0.2, 0.25) is 5.91 Å². The molecule has 6 heteroatoms. The minimum Gasteiger partial charge on any atom is -0.346 e. The van der Waals surface area contributed by atoms with Gasteiger partial charge in [-0.3, -0.25) is 9.48 Å². The van der Waals surface area contributed by atoms with Crippen LogP contribution in [0, 0.1) is 0 Å². The van der Waals surface area contributed by atoms with Gasteiger partial charge in [0, 0.05) is 44.8 Å². The molecule has 0 bridgehead atoms. The molecule has 0 aliphatic carbocycles. The van der Waals surface area contributed by atoms with Crippen molar-refractivity contribution in [2.24, 2.45) is 7.05 Å². The molecule has 21 heavy (non-hydrogen) atoms. The number of amides is 1. The first-order chi connectivity index (χ1) is 10.2. The van der Waals surface area contributed by atoms with Crippen LogP contribution < -0.4 is 5.32 Å². The van der Waals surface area contributed by atoms with Crippen molar-refractivity contribution >= 4 is 5.91 Å². The van der Waals surface area contributed by atoms with Crippen molar-refractivity contribution in [1.29, 1.82) is 0 Å². The minimum atomic E-state index is -0.00722. The maximum Gasteiger partial charge on any atom is 0.220 e. The fraction of sp³-hybridized carbons (Fsp3) is 0.533. The molecule has 6 nitrogen and oxygen atoms in total. The van der Waals surface area contributed by atoms with E-state index in [4.69, 9.17) is 0 Å². The highest BCUT2D eigenvalue weighted by atomic mass is 16.1. The van der Waals surface area contributed by atoms with Crippen LogP contribution in [0.25, 0.3) is 0 Å². The zero-order chi connectivity index (χ0) is 15.1. The molecule has 1 unspecified atom stereocenters. The number of nitrogens with one attached hydrogen (secondary N) is 1. The van der Waals surface area contributed by atoms with Crippen molar-refractivity contribution in [3.63, 3.8) is 0 Å². The Morgan fingerprint density at radius 3 is 2.86 bits per heavy atom. The molecule has 0 saturated heterocycles. The summed E-state index contributed by atoms with van der Waals surface area (Å²) in [7, 11) is 1.95. The summed E-state index contributed by atoms with van der Waals surface area (Å²) in [5.41, 5.74) is 0. The normalized spacial score (nSPS) is 12.3. The lowest BCUT2D eigenvalue weighted by Gasteiger charge is -2.18. The lowest BCUT2D eigenvalue weighted by atomic mass is 10.1. The van der Waals surface area contributed by atoms with E-state index in [0.29, 0.717) is 6.42 Å². The maximum absolute atomic E-state index is 12.1. The lowest BCUT2D eigenvalue weighted by molar-refractivity contribution is -0.122. The van der Waals surface area contributed by atoms with Gasteiger partial charge in [-0.15, -0.1) is 0 Å². The Balaban J connectivity index is 1.82. The number of carbonyl (C=O) groups is 1. The zero-order valence-electron chi connectivity index (χ0n) is 12.7. The molecule has 0 saturated carbocycles. The molecule has 2 rings (SSSR count). The van der Waals surface area contributed by atoms with Crippen molar-refractivity contribution in [3.05, 3.63) is 36.7 Å². The predicted octanol–water partition coefficient (Wildman–Crippen LogP) is 2.05. The third-order valence-electron chi connectivity index (χ3n) is 3.43. The van der Waals surface area contributed by atoms with Crippen LogP contribution in [0.4, 0.5) is 0 Å². The highest BCUT2D eigenvalue weighted by Crippen LogP contribution is 2.16. The molecule has 1 atom stereocenters. The molecule has 0 aliphatic heterocycles. The number of hydrogen-bond donors (Lipinski definition) is 1. The first-order valence-electron chi connectivity index (χ1n) is 7.44. The van der Waals surface area contributed by atoms with Gasteiger partial charge in [-0.2, -0.15) is 5.10 Å². The summed E-state index contributed by atoms with van der Waals surface area (Å²) in [5.74, 6) is 0.987. The molecule has 0 radical (unpaired) electrons. The SMILES string of the molecule is CCCC(NC(=O)CCCn1cccn1)c1nccn1C. The van der Waals surface area contributed by atoms with Crippen molar-refractivity contribution in [2.45, 2.75) is 45.2 Å². The number of hydrogen-bond acceptors (Lipinski definition) is 3. The van der Waals surface area contributed by atoms with Gasteiger partial charge in [-0.05, 0) is 18.9 Å². The maximum atomic E-state index is 12.1. The van der Waals surface area contributed by atoms with Gasteiger partial charge in [0.05, 0.1) is 6.04 Å². The van der Waals surface area contributed by atoms with Crippen LogP contribution >= 0.6 is 0 Å². The highest BCUT2D eigenvalue weighted by molar-refractivity contribution is 5.76. The summed E-state index contributed by atoms with van der Waals surface area (Å²) in [4.78, 5) is 16.4. The van der Waals surface area contributed by atoms with Crippen molar-refractivity contribution < 1.29 is 4.79 Å². The summed E-state index contributed by atoms with van der Waals surface area (Å²) < 4.78 is 3.81. The molecule has 2 aromatic rings. The Hall–Kier alpha value is -2.11. The molecule has 0 spiro atoms. The van der Waals surface area contributed by atoms with E-state index < -0.39 is 0 Å². The predicted molar refractivity (Wildman–Crippen MR) is 80.5 cm³/mol. The van der Waals surface area contributed by atoms with Crippen molar-refractivity contribution in [1.82, 2.24) is 24.6 Å². The van der Waals surface area contributed by atoms with Crippen LogP contribution in [0.2, 0.25) is 0 Å². The number of nitrogens with zero attached hydrogens (tertiary/aromatic N) is 4. The van der Waals surface area contributed by atoms with Crippen molar-refractivity contribution in [2.75, 3.05) is 0 Å². The van der Waals surface area contributed by atoms with Gasteiger partial charge in [-0.25, -0.2) is 4.98 Å². The lowest BCUT2D eigenvalue weighted by Crippen LogP contribution is -2.30. The summed E-state index contributed by atoms with van der Waals surface area (Å²) in [6, 6.07) is 1.88. The van der Waals surface area contributed by atoms with Crippen molar-refractivity contribution in [3.8, 4) is 0 Å². The molecule has 2 aromatic heterocycles. The summed E-state index contributed by atoms with van der Waals surface area (Å²) in [5, 5.41) is 7.22. The Kier molecular flexibility index (Phi) is 5.54. The topological polar surface area (TPSA) is 64.7 Å². The molecular weight excluding hydrogens is 266 g/mol. The first kappa shape index (κ1) is 15.3. The quantitative estimate of drug-likeness (QED) is 0.809. The molecule has 0 aromatic carbocycles. The van der Waals surface area contributed by atoms with Gasteiger partial charge in [0.1, 0.15) is 5.82 Å². The van der Waals surface area contributed by atoms with E-state index in [1.165, 1.54) is 0 Å². The van der Waals surface area contributed by atoms with Gasteiger partial charge >= 0.3 is 0 Å². The third-order valence-corrected chi connectivity index (χ3v) is 3.43. The second-order valence-corrected chi connectivity index (χ2v) is 5.18. The van der Waals surface area contributed by atoms with Gasteiger partial charge in [0.15, 0.2) is 0 Å². The van der Waals surface area contributed by atoms with E-state index in [1.54, 1.807) is 12.4 Å². The van der Waals surface area contributed by atoms with E-state index in [-0.39, 0.29) is 11.9 Å². The molecule has 2 heterocycles. The van der Waals surface area contributed by atoms with Gasteiger partial charge < -0.3 is 9.88 Å². The second-order valence-electron chi connectivity index (χ2n) is 5.18. The van der Waals surface area contributed by atoms with Crippen LogP contribution in [0.1, 0.15) is 44.5 Å². The first-order valence-corrected chi connectivity index (χ1v) is 7.44. The Bertz CT molecular complexity index is 546. The second kappa shape index (κ2) is 7.61. The smallest absolute Gasteiger partial charge is 0.220 e. The van der Waals surface area contributed by atoms with E-state index in [9.17, 15) is 4.79 Å². The van der Waals surface area contributed by atoms with E-state index in [0.717, 1.165) is 31.6 Å². The number of carbonyl (C=O) groups excluding carboxylic acids is 1. The Labute approximate surface area is 125 Å². The fourth-order valence-electron chi connectivity index (χ4n) is 2.37. The molecule has 1 N–H and O–H groups in total. The van der Waals surface area contributed by atoms with Crippen LogP contribution in [-0.4, -0.2) is 25.2 Å². The van der Waals surface area contributed by atoms with E-state index in [1.807, 2.05) is 34.8 Å². The molecule has 114 valence electrons. The van der Waals surface area contributed by atoms with Crippen LogP contribution in [-0.2, 0) is 18.4 Å². The van der Waals surface area contributed by atoms with Gasteiger partial charge in [0.25, 0.3) is 0 Å². The summed E-state index contributed by atoms with van der Waals surface area (Å²) >= 11 is 0. The summed E-state index contributed by atoms with van der Waals surface area (Å²) in [6.45, 7) is 2.88. The fourth-order valence-corrected chi connectivity index (χ4v) is 2.37. The van der Waals surface area contributed by atoms with Crippen LogP contribution in [0.5, 0.6) is 0 Å². The standard InChI is InChI=1S/C15H23N5O/c1-3-6-13(15-16-9-12-19(15)2)18-14(21)7-4-10-20-11-5-8-17-20/h5,8-9,11-13H,3-4,6-7,10H2,1-2H3,(H,18,21). The minimum absolute atomic E-state index is 0.00722. The third kappa shape index (κ3) is 4.44. The molecule has 0 aliphatic rings.